The van der Waals surface area contributed by atoms with Gasteiger partial charge in [0.05, 0.1) is 12.5 Å². The highest BCUT2D eigenvalue weighted by Crippen LogP contribution is 2.13. The molecule has 0 saturated carbocycles. The van der Waals surface area contributed by atoms with Gasteiger partial charge < -0.3 is 5.73 Å². The van der Waals surface area contributed by atoms with Crippen LogP contribution in [-0.4, -0.2) is 5.17 Å². The highest BCUT2D eigenvalue weighted by Gasteiger charge is 1.97. The summed E-state index contributed by atoms with van der Waals surface area (Å²) in [5.74, 6) is 0.689. The lowest BCUT2D eigenvalue weighted by Crippen LogP contribution is -2.03. The van der Waals surface area contributed by atoms with Gasteiger partial charge in [-0.15, -0.1) is 0 Å². The number of benzene rings is 1. The number of amidine groups is 1. The van der Waals surface area contributed by atoms with Crippen LogP contribution in [-0.2, 0) is 12.2 Å². The predicted molar refractivity (Wildman–Crippen MR) is 59.0 cm³/mol. The molecule has 0 atom stereocenters. The van der Waals surface area contributed by atoms with E-state index in [0.717, 1.165) is 11.1 Å². The van der Waals surface area contributed by atoms with Crippen molar-refractivity contribution in [1.82, 2.24) is 0 Å². The van der Waals surface area contributed by atoms with Crippen LogP contribution in [0.4, 0.5) is 0 Å². The van der Waals surface area contributed by atoms with Crippen LogP contribution in [0.25, 0.3) is 0 Å². The fourth-order valence-electron chi connectivity index (χ4n) is 1.08. The van der Waals surface area contributed by atoms with Crippen molar-refractivity contribution >= 4 is 16.9 Å². The van der Waals surface area contributed by atoms with Gasteiger partial charge in [-0.2, -0.15) is 5.26 Å². The number of nitrogens with one attached hydrogen (secondary N) is 1. The van der Waals surface area contributed by atoms with Crippen LogP contribution in [0, 0.1) is 16.7 Å². The molecule has 1 aromatic carbocycles. The van der Waals surface area contributed by atoms with E-state index in [2.05, 4.69) is 6.07 Å². The van der Waals surface area contributed by atoms with E-state index in [0.29, 0.717) is 12.2 Å². The summed E-state index contributed by atoms with van der Waals surface area (Å²) in [5.41, 5.74) is 7.33. The van der Waals surface area contributed by atoms with E-state index >= 15 is 0 Å². The van der Waals surface area contributed by atoms with Crippen molar-refractivity contribution < 1.29 is 0 Å². The number of rotatable bonds is 3. The minimum Gasteiger partial charge on any atom is -0.379 e. The van der Waals surface area contributed by atoms with Gasteiger partial charge in [-0.3, -0.25) is 5.41 Å². The van der Waals surface area contributed by atoms with Crippen molar-refractivity contribution in [3.05, 3.63) is 35.4 Å². The fourth-order valence-corrected chi connectivity index (χ4v) is 1.58. The molecule has 72 valence electrons. The maximum Gasteiger partial charge on any atom is 0.151 e. The molecule has 0 aromatic heterocycles. The quantitative estimate of drug-likeness (QED) is 0.584. The van der Waals surface area contributed by atoms with Crippen LogP contribution in [0.5, 0.6) is 0 Å². The first kappa shape index (κ1) is 10.6. The molecule has 1 rings (SSSR count). The summed E-state index contributed by atoms with van der Waals surface area (Å²) in [7, 11) is 0. The summed E-state index contributed by atoms with van der Waals surface area (Å²) in [6.07, 6.45) is 0.429. The largest absolute Gasteiger partial charge is 0.379 e. The second-order valence-electron chi connectivity index (χ2n) is 2.81. The molecule has 3 nitrogen and oxygen atoms in total. The van der Waals surface area contributed by atoms with E-state index < -0.39 is 0 Å². The number of nitriles is 1. The zero-order valence-electron chi connectivity index (χ0n) is 7.66. The Balaban J connectivity index is 2.64. The van der Waals surface area contributed by atoms with Crippen LogP contribution in [0.1, 0.15) is 11.1 Å². The van der Waals surface area contributed by atoms with Gasteiger partial charge in [0.25, 0.3) is 0 Å². The Morgan fingerprint density at radius 2 is 2.21 bits per heavy atom. The molecule has 0 radical (unpaired) electrons. The Morgan fingerprint density at radius 1 is 1.50 bits per heavy atom. The van der Waals surface area contributed by atoms with Crippen molar-refractivity contribution in [2.24, 2.45) is 5.73 Å². The van der Waals surface area contributed by atoms with E-state index in [9.17, 15) is 0 Å². The first-order valence-electron chi connectivity index (χ1n) is 4.14. The standard InChI is InChI=1S/C10H11N3S/c11-5-4-8-2-1-3-9(6-8)7-14-10(12)13/h1-3,6H,4,7H2,(H3,12,13). The summed E-state index contributed by atoms with van der Waals surface area (Å²) in [5, 5.41) is 15.7. The predicted octanol–water partition coefficient (Wildman–Crippen LogP) is 1.88. The lowest BCUT2D eigenvalue weighted by atomic mass is 10.1. The molecule has 4 heteroatoms. The van der Waals surface area contributed by atoms with E-state index in [1.165, 1.54) is 11.8 Å². The molecule has 0 spiro atoms. The molecule has 0 amide bonds. The van der Waals surface area contributed by atoms with Crippen LogP contribution < -0.4 is 5.73 Å². The third-order valence-corrected chi connectivity index (χ3v) is 2.46. The van der Waals surface area contributed by atoms with Gasteiger partial charge in [-0.25, -0.2) is 0 Å². The zero-order chi connectivity index (χ0) is 10.4. The van der Waals surface area contributed by atoms with Crippen molar-refractivity contribution in [2.45, 2.75) is 12.2 Å². The second kappa shape index (κ2) is 5.30. The van der Waals surface area contributed by atoms with Crippen LogP contribution in [0.2, 0.25) is 0 Å². The van der Waals surface area contributed by atoms with E-state index in [-0.39, 0.29) is 5.17 Å². The summed E-state index contributed by atoms with van der Waals surface area (Å²) >= 11 is 1.29. The molecule has 0 aliphatic rings. The molecule has 0 bridgehead atoms. The van der Waals surface area contributed by atoms with Gasteiger partial charge in [-0.05, 0) is 11.1 Å². The summed E-state index contributed by atoms with van der Waals surface area (Å²) < 4.78 is 0. The Labute approximate surface area is 87.4 Å². The van der Waals surface area contributed by atoms with E-state index in [4.69, 9.17) is 16.4 Å². The molecule has 0 heterocycles. The van der Waals surface area contributed by atoms with Crippen molar-refractivity contribution in [3.8, 4) is 6.07 Å². The topological polar surface area (TPSA) is 73.7 Å². The molecule has 14 heavy (non-hydrogen) atoms. The van der Waals surface area contributed by atoms with E-state index in [1.807, 2.05) is 24.3 Å². The van der Waals surface area contributed by atoms with E-state index in [1.54, 1.807) is 0 Å². The summed E-state index contributed by atoms with van der Waals surface area (Å²) in [6.45, 7) is 0. The zero-order valence-corrected chi connectivity index (χ0v) is 8.47. The number of nitrogens with two attached hydrogens (primary N) is 1. The van der Waals surface area contributed by atoms with Gasteiger partial charge in [0.1, 0.15) is 0 Å². The first-order valence-corrected chi connectivity index (χ1v) is 5.12. The molecule has 3 N–H and O–H groups in total. The Bertz CT molecular complexity index is 368. The van der Waals surface area contributed by atoms with Gasteiger partial charge >= 0.3 is 0 Å². The minimum absolute atomic E-state index is 0.121. The van der Waals surface area contributed by atoms with Gasteiger partial charge in [0, 0.05) is 5.75 Å². The fraction of sp³-hybridized carbons (Fsp3) is 0.200. The molecule has 1 aromatic rings. The average Bonchev–Trinajstić information content (AvgIpc) is 2.16. The van der Waals surface area contributed by atoms with Gasteiger partial charge in [0.15, 0.2) is 5.17 Å². The molecular formula is C10H11N3S. The number of nitrogens with zero attached hydrogens (tertiary/aromatic N) is 1. The molecule has 0 aliphatic heterocycles. The molecule has 0 aliphatic carbocycles. The smallest absolute Gasteiger partial charge is 0.151 e. The Kier molecular flexibility index (Phi) is 4.02. The number of hydrogen-bond donors (Lipinski definition) is 2. The second-order valence-corrected chi connectivity index (χ2v) is 3.82. The normalized spacial score (nSPS) is 9.36. The maximum absolute atomic E-state index is 8.52. The monoisotopic (exact) mass is 205 g/mol. The third-order valence-electron chi connectivity index (χ3n) is 1.67. The number of thioether (sulfide) groups is 1. The molecular weight excluding hydrogens is 194 g/mol. The van der Waals surface area contributed by atoms with Crippen molar-refractivity contribution in [1.29, 1.82) is 10.7 Å². The molecule has 0 unspecified atom stereocenters. The van der Waals surface area contributed by atoms with Crippen molar-refractivity contribution in [2.75, 3.05) is 0 Å². The highest BCUT2D eigenvalue weighted by atomic mass is 32.2. The van der Waals surface area contributed by atoms with Gasteiger partial charge in [-0.1, -0.05) is 36.0 Å². The summed E-state index contributed by atoms with van der Waals surface area (Å²) in [6, 6.07) is 9.88. The maximum atomic E-state index is 8.52. The minimum atomic E-state index is 0.121. The van der Waals surface area contributed by atoms with Gasteiger partial charge in [0.2, 0.25) is 0 Å². The summed E-state index contributed by atoms with van der Waals surface area (Å²) in [4.78, 5) is 0. The average molecular weight is 205 g/mol. The molecule has 0 saturated heterocycles. The van der Waals surface area contributed by atoms with Crippen molar-refractivity contribution in [3.63, 3.8) is 0 Å². The lowest BCUT2D eigenvalue weighted by molar-refractivity contribution is 1.24. The third kappa shape index (κ3) is 3.50. The van der Waals surface area contributed by atoms with Crippen LogP contribution >= 0.6 is 11.8 Å². The van der Waals surface area contributed by atoms with Crippen LogP contribution in [0.3, 0.4) is 0 Å². The van der Waals surface area contributed by atoms with Crippen LogP contribution in [0.15, 0.2) is 24.3 Å². The Hall–Kier alpha value is -1.47. The highest BCUT2D eigenvalue weighted by molar-refractivity contribution is 8.13. The number of hydrogen-bond acceptors (Lipinski definition) is 3. The lowest BCUT2D eigenvalue weighted by Gasteiger charge is -2.01. The Morgan fingerprint density at radius 3 is 2.86 bits per heavy atom. The molecule has 0 fully saturated rings. The first-order chi connectivity index (χ1) is 6.72. The SMILES string of the molecule is N#CCc1cccc(CSC(=N)N)c1.